The molecule has 0 heterocycles. The molecule has 0 spiro atoms. The molecule has 0 amide bonds. The van der Waals surface area contributed by atoms with E-state index in [2.05, 4.69) is 4.72 Å². The summed E-state index contributed by atoms with van der Waals surface area (Å²) in [6.45, 7) is 3.55. The summed E-state index contributed by atoms with van der Waals surface area (Å²) in [5.41, 5.74) is 1.11. The highest BCUT2D eigenvalue weighted by molar-refractivity contribution is 7.92. The molecule has 0 atom stereocenters. The first-order chi connectivity index (χ1) is 6.94. The summed E-state index contributed by atoms with van der Waals surface area (Å²) in [5, 5.41) is 9.39. The van der Waals surface area contributed by atoms with E-state index in [9.17, 15) is 13.5 Å². The van der Waals surface area contributed by atoms with Crippen LogP contribution in [0, 0.1) is 6.92 Å². The summed E-state index contributed by atoms with van der Waals surface area (Å²) in [6.07, 6.45) is 0.563. The highest BCUT2D eigenvalue weighted by atomic mass is 32.2. The molecule has 1 aromatic carbocycles. The third-order valence-electron chi connectivity index (χ3n) is 1.96. The van der Waals surface area contributed by atoms with Crippen molar-refractivity contribution in [1.82, 2.24) is 0 Å². The Hall–Kier alpha value is -1.23. The van der Waals surface area contributed by atoms with Crippen LogP contribution in [0.2, 0.25) is 0 Å². The number of rotatable bonds is 4. The predicted molar refractivity (Wildman–Crippen MR) is 60.5 cm³/mol. The second kappa shape index (κ2) is 4.53. The molecular weight excluding hydrogens is 214 g/mol. The first kappa shape index (κ1) is 11.8. The molecular formula is C10H15NO3S. The molecule has 0 radical (unpaired) electrons. The first-order valence-electron chi connectivity index (χ1n) is 4.74. The Kier molecular flexibility index (Phi) is 3.57. The average Bonchev–Trinajstić information content (AvgIpc) is 2.10. The predicted octanol–water partition coefficient (Wildman–Crippen LogP) is 1.85. The minimum atomic E-state index is -3.28. The number of aryl methyl sites for hydroxylation is 1. The smallest absolute Gasteiger partial charge is 0.232 e. The van der Waals surface area contributed by atoms with Gasteiger partial charge in [0.25, 0.3) is 0 Å². The van der Waals surface area contributed by atoms with Crippen molar-refractivity contribution in [1.29, 1.82) is 0 Å². The van der Waals surface area contributed by atoms with Gasteiger partial charge in [0.05, 0.1) is 11.4 Å². The van der Waals surface area contributed by atoms with Crippen LogP contribution in [0.15, 0.2) is 18.2 Å². The van der Waals surface area contributed by atoms with Crippen molar-refractivity contribution in [3.05, 3.63) is 23.8 Å². The Morgan fingerprint density at radius 2 is 2.07 bits per heavy atom. The van der Waals surface area contributed by atoms with Gasteiger partial charge < -0.3 is 5.11 Å². The Morgan fingerprint density at radius 1 is 1.40 bits per heavy atom. The van der Waals surface area contributed by atoms with Crippen molar-refractivity contribution in [3.63, 3.8) is 0 Å². The molecule has 0 fully saturated rings. The minimum absolute atomic E-state index is 0.0850. The number of sulfonamides is 1. The lowest BCUT2D eigenvalue weighted by Crippen LogP contribution is -2.15. The van der Waals surface area contributed by atoms with E-state index in [1.807, 2.05) is 0 Å². The zero-order chi connectivity index (χ0) is 11.5. The van der Waals surface area contributed by atoms with Gasteiger partial charge in [-0.25, -0.2) is 8.42 Å². The fraction of sp³-hybridized carbons (Fsp3) is 0.400. The summed E-state index contributed by atoms with van der Waals surface area (Å²) in [7, 11) is -3.28. The number of aromatic hydroxyl groups is 1. The number of anilines is 1. The van der Waals surface area contributed by atoms with Crippen molar-refractivity contribution >= 4 is 15.7 Å². The van der Waals surface area contributed by atoms with Crippen LogP contribution in [-0.2, 0) is 10.0 Å². The van der Waals surface area contributed by atoms with Gasteiger partial charge in [-0.1, -0.05) is 13.0 Å². The summed E-state index contributed by atoms with van der Waals surface area (Å²) >= 11 is 0. The summed E-state index contributed by atoms with van der Waals surface area (Å²) < 4.78 is 25.2. The molecule has 0 aliphatic carbocycles. The molecule has 0 aromatic heterocycles. The standard InChI is InChI=1S/C10H15NO3S/c1-3-6-15(13,14)11-9-5-4-8(2)10(12)7-9/h4-5,7,11-12H,3,6H2,1-2H3. The summed E-state index contributed by atoms with van der Waals surface area (Å²) in [4.78, 5) is 0. The second-order valence-corrected chi connectivity index (χ2v) is 5.26. The van der Waals surface area contributed by atoms with Crippen LogP contribution in [-0.4, -0.2) is 19.3 Å². The van der Waals surface area contributed by atoms with Crippen LogP contribution in [0.5, 0.6) is 5.75 Å². The normalized spacial score (nSPS) is 11.3. The average molecular weight is 229 g/mol. The van der Waals surface area contributed by atoms with E-state index in [1.54, 1.807) is 26.0 Å². The largest absolute Gasteiger partial charge is 0.508 e. The van der Waals surface area contributed by atoms with E-state index in [4.69, 9.17) is 0 Å². The molecule has 1 rings (SSSR count). The van der Waals surface area contributed by atoms with Crippen LogP contribution in [0.25, 0.3) is 0 Å². The highest BCUT2D eigenvalue weighted by Gasteiger charge is 2.09. The molecule has 1 aromatic rings. The van der Waals surface area contributed by atoms with E-state index in [1.165, 1.54) is 6.07 Å². The summed E-state index contributed by atoms with van der Waals surface area (Å²) in [6, 6.07) is 4.70. The van der Waals surface area contributed by atoms with Crippen LogP contribution in [0.4, 0.5) is 5.69 Å². The maximum absolute atomic E-state index is 11.4. The van der Waals surface area contributed by atoms with E-state index < -0.39 is 10.0 Å². The Morgan fingerprint density at radius 3 is 2.60 bits per heavy atom. The minimum Gasteiger partial charge on any atom is -0.508 e. The molecule has 0 saturated heterocycles. The van der Waals surface area contributed by atoms with Crippen LogP contribution >= 0.6 is 0 Å². The molecule has 84 valence electrons. The fourth-order valence-electron chi connectivity index (χ4n) is 1.17. The zero-order valence-corrected chi connectivity index (χ0v) is 9.63. The number of hydrogen-bond acceptors (Lipinski definition) is 3. The van der Waals surface area contributed by atoms with E-state index >= 15 is 0 Å². The van der Waals surface area contributed by atoms with Gasteiger partial charge in [0.2, 0.25) is 10.0 Å². The lowest BCUT2D eigenvalue weighted by atomic mass is 10.2. The first-order valence-corrected chi connectivity index (χ1v) is 6.40. The topological polar surface area (TPSA) is 66.4 Å². The van der Waals surface area contributed by atoms with E-state index in [0.29, 0.717) is 17.7 Å². The molecule has 2 N–H and O–H groups in total. The van der Waals surface area contributed by atoms with Crippen molar-refractivity contribution < 1.29 is 13.5 Å². The Labute approximate surface area is 90.0 Å². The van der Waals surface area contributed by atoms with Gasteiger partial charge in [-0.2, -0.15) is 0 Å². The number of phenols is 1. The SMILES string of the molecule is CCCS(=O)(=O)Nc1ccc(C)c(O)c1. The van der Waals surface area contributed by atoms with Gasteiger partial charge in [-0.05, 0) is 25.0 Å². The van der Waals surface area contributed by atoms with E-state index in [0.717, 1.165) is 0 Å². The Balaban J connectivity index is 2.86. The van der Waals surface area contributed by atoms with Crippen LogP contribution in [0.1, 0.15) is 18.9 Å². The van der Waals surface area contributed by atoms with Crippen molar-refractivity contribution in [2.45, 2.75) is 20.3 Å². The lowest BCUT2D eigenvalue weighted by molar-refractivity contribution is 0.471. The van der Waals surface area contributed by atoms with Gasteiger partial charge in [0, 0.05) is 6.07 Å². The molecule has 0 bridgehead atoms. The van der Waals surface area contributed by atoms with Gasteiger partial charge in [0.15, 0.2) is 0 Å². The van der Waals surface area contributed by atoms with Gasteiger partial charge in [-0.15, -0.1) is 0 Å². The highest BCUT2D eigenvalue weighted by Crippen LogP contribution is 2.21. The zero-order valence-electron chi connectivity index (χ0n) is 8.82. The van der Waals surface area contributed by atoms with Gasteiger partial charge in [0.1, 0.15) is 5.75 Å². The molecule has 15 heavy (non-hydrogen) atoms. The van der Waals surface area contributed by atoms with E-state index in [-0.39, 0.29) is 11.5 Å². The van der Waals surface area contributed by atoms with Crippen LogP contribution in [0.3, 0.4) is 0 Å². The number of hydrogen-bond donors (Lipinski definition) is 2. The molecule has 0 saturated carbocycles. The molecule has 5 heteroatoms. The number of nitrogens with one attached hydrogen (secondary N) is 1. The molecule has 0 aliphatic heterocycles. The monoisotopic (exact) mass is 229 g/mol. The maximum Gasteiger partial charge on any atom is 0.232 e. The number of phenolic OH excluding ortho intramolecular Hbond substituents is 1. The lowest BCUT2D eigenvalue weighted by Gasteiger charge is -2.08. The molecule has 0 unspecified atom stereocenters. The molecule has 0 aliphatic rings. The fourth-order valence-corrected chi connectivity index (χ4v) is 2.30. The van der Waals surface area contributed by atoms with Gasteiger partial charge in [-0.3, -0.25) is 4.72 Å². The quantitative estimate of drug-likeness (QED) is 0.828. The third kappa shape index (κ3) is 3.43. The number of benzene rings is 1. The van der Waals surface area contributed by atoms with Crippen molar-refractivity contribution in [2.24, 2.45) is 0 Å². The van der Waals surface area contributed by atoms with Crippen LogP contribution < -0.4 is 4.72 Å². The third-order valence-corrected chi connectivity index (χ3v) is 3.45. The Bertz CT molecular complexity index is 440. The van der Waals surface area contributed by atoms with Crippen molar-refractivity contribution in [2.75, 3.05) is 10.5 Å². The second-order valence-electron chi connectivity index (χ2n) is 3.42. The molecule has 4 nitrogen and oxygen atoms in total. The van der Waals surface area contributed by atoms with Crippen molar-refractivity contribution in [3.8, 4) is 5.75 Å². The summed E-state index contributed by atoms with van der Waals surface area (Å²) in [5.74, 6) is 0.174. The maximum atomic E-state index is 11.4. The van der Waals surface area contributed by atoms with Gasteiger partial charge >= 0.3 is 0 Å².